The highest BCUT2D eigenvalue weighted by molar-refractivity contribution is 5.83. The smallest absolute Gasteiger partial charge is 0.227 e. The Kier molecular flexibility index (Phi) is 5.17. The highest BCUT2D eigenvalue weighted by Crippen LogP contribution is 2.34. The second kappa shape index (κ2) is 6.88. The Labute approximate surface area is 120 Å². The van der Waals surface area contributed by atoms with Gasteiger partial charge >= 0.3 is 0 Å². The van der Waals surface area contributed by atoms with Crippen LogP contribution < -0.4 is 11.1 Å². The van der Waals surface area contributed by atoms with Gasteiger partial charge in [-0.2, -0.15) is 5.10 Å². The molecule has 1 fully saturated rings. The van der Waals surface area contributed by atoms with Gasteiger partial charge in [-0.25, -0.2) is 0 Å². The zero-order valence-electron chi connectivity index (χ0n) is 12.3. The average Bonchev–Trinajstić information content (AvgIpc) is 2.80. The first kappa shape index (κ1) is 15.0. The Bertz CT molecular complexity index is 408. The summed E-state index contributed by atoms with van der Waals surface area (Å²) in [5.74, 6) is 0.126. The number of hydrogen-bond acceptors (Lipinski definition) is 3. The Morgan fingerprint density at radius 2 is 2.10 bits per heavy atom. The first-order valence-corrected chi connectivity index (χ1v) is 7.65. The maximum Gasteiger partial charge on any atom is 0.227 e. The van der Waals surface area contributed by atoms with Crippen LogP contribution in [0.4, 0.5) is 0 Å². The molecule has 0 radical (unpaired) electrons. The lowest BCUT2D eigenvalue weighted by Crippen LogP contribution is -2.49. The zero-order chi connectivity index (χ0) is 14.4. The van der Waals surface area contributed by atoms with Crippen LogP contribution >= 0.6 is 0 Å². The van der Waals surface area contributed by atoms with E-state index in [4.69, 9.17) is 5.73 Å². The van der Waals surface area contributed by atoms with E-state index in [2.05, 4.69) is 10.4 Å². The molecule has 1 aromatic heterocycles. The van der Waals surface area contributed by atoms with E-state index in [1.807, 2.05) is 23.9 Å². The van der Waals surface area contributed by atoms with Crippen LogP contribution in [-0.2, 0) is 11.3 Å². The quantitative estimate of drug-likeness (QED) is 0.805. The fourth-order valence-corrected chi connectivity index (χ4v) is 3.04. The van der Waals surface area contributed by atoms with Gasteiger partial charge in [-0.15, -0.1) is 0 Å². The molecule has 1 heterocycles. The number of carbonyl (C=O) groups is 1. The van der Waals surface area contributed by atoms with Crippen LogP contribution in [0.3, 0.4) is 0 Å². The summed E-state index contributed by atoms with van der Waals surface area (Å²) in [6.07, 6.45) is 10.2. The molecule has 5 nitrogen and oxygen atoms in total. The highest BCUT2D eigenvalue weighted by Gasteiger charge is 2.37. The summed E-state index contributed by atoms with van der Waals surface area (Å²) in [5.41, 5.74) is 5.59. The van der Waals surface area contributed by atoms with E-state index in [1.165, 1.54) is 12.8 Å². The van der Waals surface area contributed by atoms with Crippen LogP contribution in [0.2, 0.25) is 0 Å². The third kappa shape index (κ3) is 3.60. The predicted octanol–water partition coefficient (Wildman–Crippen LogP) is 1.69. The van der Waals surface area contributed by atoms with Crippen molar-refractivity contribution in [2.24, 2.45) is 11.1 Å². The largest absolute Gasteiger partial charge is 0.351 e. The molecule has 2 rings (SSSR count). The summed E-state index contributed by atoms with van der Waals surface area (Å²) in [6, 6.07) is 1.95. The van der Waals surface area contributed by atoms with E-state index >= 15 is 0 Å². The molecular formula is C15H26N4O. The molecule has 0 aromatic carbocycles. The van der Waals surface area contributed by atoms with E-state index in [0.29, 0.717) is 13.1 Å². The molecule has 0 spiro atoms. The SMILES string of the molecule is CC(Cn1cccn1)NC(=O)C1(CN)CCCCCC1. The molecule has 0 saturated heterocycles. The van der Waals surface area contributed by atoms with E-state index < -0.39 is 0 Å². The number of nitrogens with zero attached hydrogens (tertiary/aromatic N) is 2. The molecule has 1 saturated carbocycles. The molecule has 0 bridgehead atoms. The van der Waals surface area contributed by atoms with Crippen LogP contribution in [0.5, 0.6) is 0 Å². The third-order valence-corrected chi connectivity index (χ3v) is 4.33. The second-order valence-corrected chi connectivity index (χ2v) is 6.00. The highest BCUT2D eigenvalue weighted by atomic mass is 16.2. The second-order valence-electron chi connectivity index (χ2n) is 6.00. The maximum atomic E-state index is 12.6. The maximum absolute atomic E-state index is 12.6. The Balaban J connectivity index is 1.94. The van der Waals surface area contributed by atoms with Crippen molar-refractivity contribution in [1.29, 1.82) is 0 Å². The number of rotatable bonds is 5. The van der Waals surface area contributed by atoms with E-state index in [9.17, 15) is 4.79 Å². The van der Waals surface area contributed by atoms with Crippen molar-refractivity contribution in [1.82, 2.24) is 15.1 Å². The summed E-state index contributed by atoms with van der Waals surface area (Å²) in [6.45, 7) is 3.16. The minimum absolute atomic E-state index is 0.0640. The molecule has 112 valence electrons. The van der Waals surface area contributed by atoms with Gasteiger partial charge in [0.1, 0.15) is 0 Å². The van der Waals surface area contributed by atoms with Crippen molar-refractivity contribution >= 4 is 5.91 Å². The van der Waals surface area contributed by atoms with Crippen LogP contribution in [0.15, 0.2) is 18.5 Å². The topological polar surface area (TPSA) is 72.9 Å². The fraction of sp³-hybridized carbons (Fsp3) is 0.733. The van der Waals surface area contributed by atoms with Crippen LogP contribution in [0.1, 0.15) is 45.4 Å². The Hall–Kier alpha value is -1.36. The van der Waals surface area contributed by atoms with E-state index in [0.717, 1.165) is 25.7 Å². The number of amides is 1. The van der Waals surface area contributed by atoms with Crippen molar-refractivity contribution in [2.45, 2.75) is 58.0 Å². The summed E-state index contributed by atoms with van der Waals surface area (Å²) in [7, 11) is 0. The molecule has 1 atom stereocenters. The third-order valence-electron chi connectivity index (χ3n) is 4.33. The van der Waals surface area contributed by atoms with Crippen LogP contribution in [0, 0.1) is 5.41 Å². The van der Waals surface area contributed by atoms with Gasteiger partial charge in [0.15, 0.2) is 0 Å². The first-order valence-electron chi connectivity index (χ1n) is 7.65. The van der Waals surface area contributed by atoms with Crippen molar-refractivity contribution < 1.29 is 4.79 Å². The molecule has 20 heavy (non-hydrogen) atoms. The van der Waals surface area contributed by atoms with Crippen molar-refractivity contribution in [3.63, 3.8) is 0 Å². The average molecular weight is 278 g/mol. The molecule has 5 heteroatoms. The van der Waals surface area contributed by atoms with Crippen LogP contribution in [0.25, 0.3) is 0 Å². The van der Waals surface area contributed by atoms with Crippen molar-refractivity contribution in [3.8, 4) is 0 Å². The molecule has 1 aromatic rings. The van der Waals surface area contributed by atoms with Gasteiger partial charge in [-0.05, 0) is 25.8 Å². The number of carbonyl (C=O) groups excluding carboxylic acids is 1. The zero-order valence-corrected chi connectivity index (χ0v) is 12.3. The first-order chi connectivity index (χ1) is 9.66. The summed E-state index contributed by atoms with van der Waals surface area (Å²) in [5, 5.41) is 7.30. The number of nitrogens with one attached hydrogen (secondary N) is 1. The number of hydrogen-bond donors (Lipinski definition) is 2. The summed E-state index contributed by atoms with van der Waals surface area (Å²) >= 11 is 0. The molecular weight excluding hydrogens is 252 g/mol. The Morgan fingerprint density at radius 3 is 2.65 bits per heavy atom. The minimum atomic E-state index is -0.352. The molecule has 1 amide bonds. The van der Waals surface area contributed by atoms with Gasteiger partial charge in [-0.1, -0.05) is 25.7 Å². The lowest BCUT2D eigenvalue weighted by molar-refractivity contribution is -0.132. The van der Waals surface area contributed by atoms with Gasteiger partial charge in [0.2, 0.25) is 5.91 Å². The number of aromatic nitrogens is 2. The normalized spacial score (nSPS) is 20.1. The van der Waals surface area contributed by atoms with Gasteiger partial charge in [0.25, 0.3) is 0 Å². The minimum Gasteiger partial charge on any atom is -0.351 e. The fourth-order valence-electron chi connectivity index (χ4n) is 3.04. The van der Waals surface area contributed by atoms with Gasteiger partial charge in [0, 0.05) is 25.0 Å². The van der Waals surface area contributed by atoms with Crippen molar-refractivity contribution in [2.75, 3.05) is 6.54 Å². The monoisotopic (exact) mass is 278 g/mol. The molecule has 0 aliphatic heterocycles. The van der Waals surface area contributed by atoms with Gasteiger partial charge in [-0.3, -0.25) is 9.48 Å². The van der Waals surface area contributed by atoms with E-state index in [1.54, 1.807) is 6.20 Å². The molecule has 1 unspecified atom stereocenters. The standard InChI is InChI=1S/C15H26N4O/c1-13(11-19-10-6-9-17-19)18-14(20)15(12-16)7-4-2-3-5-8-15/h6,9-10,13H,2-5,7-8,11-12,16H2,1H3,(H,18,20). The number of nitrogens with two attached hydrogens (primary N) is 1. The Morgan fingerprint density at radius 1 is 1.40 bits per heavy atom. The van der Waals surface area contributed by atoms with Gasteiger partial charge < -0.3 is 11.1 Å². The lowest BCUT2D eigenvalue weighted by atomic mass is 9.79. The van der Waals surface area contributed by atoms with Crippen LogP contribution in [-0.4, -0.2) is 28.3 Å². The lowest BCUT2D eigenvalue weighted by Gasteiger charge is -2.31. The molecule has 3 N–H and O–H groups in total. The molecule has 1 aliphatic carbocycles. The van der Waals surface area contributed by atoms with Crippen molar-refractivity contribution in [3.05, 3.63) is 18.5 Å². The molecule has 1 aliphatic rings. The predicted molar refractivity (Wildman–Crippen MR) is 79.0 cm³/mol. The summed E-state index contributed by atoms with van der Waals surface area (Å²) in [4.78, 5) is 12.6. The van der Waals surface area contributed by atoms with E-state index in [-0.39, 0.29) is 17.4 Å². The van der Waals surface area contributed by atoms with Gasteiger partial charge in [0.05, 0.1) is 12.0 Å². The summed E-state index contributed by atoms with van der Waals surface area (Å²) < 4.78 is 1.84.